The Morgan fingerprint density at radius 1 is 1.24 bits per heavy atom. The van der Waals surface area contributed by atoms with Gasteiger partial charge in [0.05, 0.1) is 11.3 Å². The molecule has 138 valence electrons. The molecule has 0 radical (unpaired) electrons. The van der Waals surface area contributed by atoms with Crippen LogP contribution in [0.2, 0.25) is 5.02 Å². The fourth-order valence-electron chi connectivity index (χ4n) is 3.23. The molecular formula is C19H28ClN3O2. The monoisotopic (exact) mass is 365 g/mol. The summed E-state index contributed by atoms with van der Waals surface area (Å²) in [6, 6.07) is 4.95. The van der Waals surface area contributed by atoms with Crippen LogP contribution in [0.1, 0.15) is 50.4 Å². The highest BCUT2D eigenvalue weighted by Crippen LogP contribution is 2.26. The first-order valence-corrected chi connectivity index (χ1v) is 9.35. The summed E-state index contributed by atoms with van der Waals surface area (Å²) in [6.07, 6.45) is 2.66. The zero-order valence-corrected chi connectivity index (χ0v) is 16.0. The van der Waals surface area contributed by atoms with Crippen molar-refractivity contribution >= 4 is 29.1 Å². The van der Waals surface area contributed by atoms with E-state index in [1.807, 2.05) is 13.8 Å². The molecule has 1 aliphatic heterocycles. The first kappa shape index (κ1) is 19.7. The molecule has 1 aliphatic rings. The molecule has 0 saturated carbocycles. The fourth-order valence-corrected chi connectivity index (χ4v) is 3.40. The lowest BCUT2D eigenvalue weighted by molar-refractivity contribution is -0.117. The van der Waals surface area contributed by atoms with E-state index in [0.29, 0.717) is 34.5 Å². The van der Waals surface area contributed by atoms with Gasteiger partial charge in [-0.2, -0.15) is 0 Å². The van der Waals surface area contributed by atoms with Crippen LogP contribution < -0.4 is 16.0 Å². The van der Waals surface area contributed by atoms with Gasteiger partial charge in [0.25, 0.3) is 5.91 Å². The molecule has 3 N–H and O–H groups in total. The Labute approximate surface area is 154 Å². The van der Waals surface area contributed by atoms with Crippen LogP contribution in [-0.2, 0) is 4.79 Å². The van der Waals surface area contributed by atoms with Crippen molar-refractivity contribution in [2.75, 3.05) is 18.4 Å². The predicted octanol–water partition coefficient (Wildman–Crippen LogP) is 3.44. The summed E-state index contributed by atoms with van der Waals surface area (Å²) in [5.74, 6) is 0.588. The van der Waals surface area contributed by atoms with Gasteiger partial charge in [-0.1, -0.05) is 18.5 Å². The Morgan fingerprint density at radius 3 is 2.56 bits per heavy atom. The molecule has 25 heavy (non-hydrogen) atoms. The van der Waals surface area contributed by atoms with Gasteiger partial charge in [0.2, 0.25) is 5.91 Å². The molecule has 0 spiro atoms. The Hall–Kier alpha value is -1.59. The number of halogens is 1. The van der Waals surface area contributed by atoms with Crippen molar-refractivity contribution in [3.63, 3.8) is 0 Å². The van der Waals surface area contributed by atoms with Gasteiger partial charge in [-0.25, -0.2) is 0 Å². The molecule has 6 heteroatoms. The van der Waals surface area contributed by atoms with Crippen LogP contribution in [-0.4, -0.2) is 30.9 Å². The minimum Gasteiger partial charge on any atom is -0.350 e. The fraction of sp³-hybridized carbons (Fsp3) is 0.579. The number of benzene rings is 1. The van der Waals surface area contributed by atoms with Gasteiger partial charge in [-0.15, -0.1) is 0 Å². The summed E-state index contributed by atoms with van der Waals surface area (Å²) in [7, 11) is 0. The lowest BCUT2D eigenvalue weighted by Crippen LogP contribution is -2.32. The van der Waals surface area contributed by atoms with Crippen molar-refractivity contribution in [3.05, 3.63) is 28.8 Å². The smallest absolute Gasteiger partial charge is 0.253 e. The molecule has 2 amide bonds. The normalized spacial score (nSPS) is 16.5. The van der Waals surface area contributed by atoms with Gasteiger partial charge in [-0.05, 0) is 69.8 Å². The van der Waals surface area contributed by atoms with Gasteiger partial charge < -0.3 is 16.0 Å². The maximum absolute atomic E-state index is 12.5. The predicted molar refractivity (Wildman–Crippen MR) is 102 cm³/mol. The highest BCUT2D eigenvalue weighted by molar-refractivity contribution is 6.31. The number of nitrogens with one attached hydrogen (secondary N) is 3. The average Bonchev–Trinajstić information content (AvgIpc) is 2.54. The van der Waals surface area contributed by atoms with E-state index in [1.54, 1.807) is 18.2 Å². The summed E-state index contributed by atoms with van der Waals surface area (Å²) >= 11 is 6.05. The van der Waals surface area contributed by atoms with E-state index in [4.69, 9.17) is 11.6 Å². The van der Waals surface area contributed by atoms with E-state index >= 15 is 0 Å². The van der Waals surface area contributed by atoms with E-state index in [0.717, 1.165) is 25.9 Å². The van der Waals surface area contributed by atoms with Crippen LogP contribution in [0.4, 0.5) is 5.69 Å². The Bertz CT molecular complexity index is 613. The number of piperidine rings is 1. The molecular weight excluding hydrogens is 338 g/mol. The minimum absolute atomic E-state index is 0.0201. The van der Waals surface area contributed by atoms with Crippen LogP contribution in [0, 0.1) is 11.8 Å². The van der Waals surface area contributed by atoms with Crippen molar-refractivity contribution in [3.8, 4) is 0 Å². The van der Waals surface area contributed by atoms with E-state index < -0.39 is 0 Å². The first-order chi connectivity index (χ1) is 11.9. The summed E-state index contributed by atoms with van der Waals surface area (Å²) < 4.78 is 0. The zero-order valence-electron chi connectivity index (χ0n) is 15.2. The minimum atomic E-state index is -0.214. The highest BCUT2D eigenvalue weighted by Gasteiger charge is 2.23. The largest absolute Gasteiger partial charge is 0.350 e. The molecule has 1 atom stereocenters. The maximum Gasteiger partial charge on any atom is 0.253 e. The summed E-state index contributed by atoms with van der Waals surface area (Å²) in [5.41, 5.74) is 0.897. The van der Waals surface area contributed by atoms with Gasteiger partial charge in [0.15, 0.2) is 0 Å². The molecule has 1 aromatic rings. The highest BCUT2D eigenvalue weighted by atomic mass is 35.5. The first-order valence-electron chi connectivity index (χ1n) is 8.97. The van der Waals surface area contributed by atoms with Gasteiger partial charge in [-0.3, -0.25) is 9.59 Å². The van der Waals surface area contributed by atoms with E-state index in [1.165, 1.54) is 0 Å². The molecule has 1 aromatic carbocycles. The number of amides is 2. The molecule has 5 nitrogen and oxygen atoms in total. The van der Waals surface area contributed by atoms with Crippen LogP contribution in [0.15, 0.2) is 18.2 Å². The lowest BCUT2D eigenvalue weighted by atomic mass is 9.84. The number of carbonyl (C=O) groups excluding carboxylic acids is 2. The van der Waals surface area contributed by atoms with E-state index in [9.17, 15) is 9.59 Å². The number of carbonyl (C=O) groups is 2. The molecule has 0 aliphatic carbocycles. The molecule has 0 aromatic heterocycles. The van der Waals surface area contributed by atoms with Crippen molar-refractivity contribution in [2.24, 2.45) is 11.8 Å². The second-order valence-electron chi connectivity index (χ2n) is 7.14. The Morgan fingerprint density at radius 2 is 1.92 bits per heavy atom. The molecule has 1 fully saturated rings. The third-order valence-corrected chi connectivity index (χ3v) is 4.85. The SMILES string of the molecule is CC(C)NC(=O)c1ccc(Cl)cc1NC(=O)CC(C)C1CCNCC1. The van der Waals surface area contributed by atoms with Crippen LogP contribution in [0.5, 0.6) is 0 Å². The van der Waals surface area contributed by atoms with Crippen molar-refractivity contribution in [2.45, 2.75) is 46.1 Å². The van der Waals surface area contributed by atoms with Crippen LogP contribution in [0.3, 0.4) is 0 Å². The third-order valence-electron chi connectivity index (χ3n) is 4.62. The second-order valence-corrected chi connectivity index (χ2v) is 7.57. The van der Waals surface area contributed by atoms with E-state index in [-0.39, 0.29) is 17.9 Å². The average molecular weight is 366 g/mol. The number of anilines is 1. The number of rotatable bonds is 6. The quantitative estimate of drug-likeness (QED) is 0.723. The molecule has 1 unspecified atom stereocenters. The second kappa shape index (κ2) is 9.20. The standard InChI is InChI=1S/C19H28ClN3O2/c1-12(2)22-19(25)16-5-4-15(20)11-17(16)23-18(24)10-13(3)14-6-8-21-9-7-14/h4-5,11-14,21H,6-10H2,1-3H3,(H,22,25)(H,23,24). The van der Waals surface area contributed by atoms with Crippen LogP contribution >= 0.6 is 11.6 Å². The van der Waals surface area contributed by atoms with Gasteiger partial charge in [0.1, 0.15) is 0 Å². The molecule has 1 saturated heterocycles. The lowest BCUT2D eigenvalue weighted by Gasteiger charge is -2.28. The van der Waals surface area contributed by atoms with Crippen molar-refractivity contribution < 1.29 is 9.59 Å². The maximum atomic E-state index is 12.5. The third kappa shape index (κ3) is 6.01. The molecule has 2 rings (SSSR count). The van der Waals surface area contributed by atoms with Crippen molar-refractivity contribution in [1.82, 2.24) is 10.6 Å². The summed E-state index contributed by atoms with van der Waals surface area (Å²) in [5, 5.41) is 9.55. The van der Waals surface area contributed by atoms with Crippen molar-refractivity contribution in [1.29, 1.82) is 0 Å². The van der Waals surface area contributed by atoms with Gasteiger partial charge in [0, 0.05) is 17.5 Å². The Balaban J connectivity index is 2.03. The topological polar surface area (TPSA) is 70.2 Å². The van der Waals surface area contributed by atoms with Gasteiger partial charge >= 0.3 is 0 Å². The molecule has 1 heterocycles. The van der Waals surface area contributed by atoms with Crippen LogP contribution in [0.25, 0.3) is 0 Å². The molecule has 0 bridgehead atoms. The summed E-state index contributed by atoms with van der Waals surface area (Å²) in [4.78, 5) is 24.8. The number of hydrogen-bond donors (Lipinski definition) is 3. The number of hydrogen-bond acceptors (Lipinski definition) is 3. The Kier molecular flexibility index (Phi) is 7.26. The zero-order chi connectivity index (χ0) is 18.4. The summed E-state index contributed by atoms with van der Waals surface area (Å²) in [6.45, 7) is 7.95. The van der Waals surface area contributed by atoms with E-state index in [2.05, 4.69) is 22.9 Å².